The SMILES string of the molecule is CCOC(=O)Nc1cc2c(c(N)n1)N=C(Cc1ccccc1)[C@H](C)N2. The number of nitrogen functional groups attached to an aromatic ring is 1. The summed E-state index contributed by atoms with van der Waals surface area (Å²) < 4.78 is 4.86. The first kappa shape index (κ1) is 16.8. The van der Waals surface area contributed by atoms with Crippen LogP contribution in [-0.2, 0) is 11.2 Å². The maximum Gasteiger partial charge on any atom is 0.412 e. The van der Waals surface area contributed by atoms with E-state index < -0.39 is 6.09 Å². The molecule has 0 spiro atoms. The Morgan fingerprint density at radius 3 is 2.84 bits per heavy atom. The van der Waals surface area contributed by atoms with E-state index in [2.05, 4.69) is 27.8 Å². The zero-order chi connectivity index (χ0) is 17.8. The summed E-state index contributed by atoms with van der Waals surface area (Å²) in [4.78, 5) is 20.4. The van der Waals surface area contributed by atoms with Crippen LogP contribution >= 0.6 is 0 Å². The topological polar surface area (TPSA) is 102 Å². The van der Waals surface area contributed by atoms with Gasteiger partial charge in [0.25, 0.3) is 0 Å². The summed E-state index contributed by atoms with van der Waals surface area (Å²) in [7, 11) is 0. The second-order valence-corrected chi connectivity index (χ2v) is 5.77. The average molecular weight is 339 g/mol. The van der Waals surface area contributed by atoms with Crippen LogP contribution in [0.5, 0.6) is 0 Å². The number of ether oxygens (including phenoxy) is 1. The van der Waals surface area contributed by atoms with Crippen molar-refractivity contribution in [3.05, 3.63) is 42.0 Å². The highest BCUT2D eigenvalue weighted by Gasteiger charge is 2.22. The largest absolute Gasteiger partial charge is 0.450 e. The predicted octanol–water partition coefficient (Wildman–Crippen LogP) is 3.36. The molecule has 2 aromatic rings. The molecular weight excluding hydrogens is 318 g/mol. The van der Waals surface area contributed by atoms with Gasteiger partial charge in [-0.1, -0.05) is 30.3 Å². The van der Waals surface area contributed by atoms with Crippen LogP contribution in [-0.4, -0.2) is 29.4 Å². The van der Waals surface area contributed by atoms with Crippen molar-refractivity contribution in [1.29, 1.82) is 0 Å². The van der Waals surface area contributed by atoms with Gasteiger partial charge in [-0.05, 0) is 19.4 Å². The fourth-order valence-corrected chi connectivity index (χ4v) is 2.68. The van der Waals surface area contributed by atoms with Crippen LogP contribution in [0.25, 0.3) is 0 Å². The monoisotopic (exact) mass is 339 g/mol. The number of aromatic nitrogens is 1. The summed E-state index contributed by atoms with van der Waals surface area (Å²) >= 11 is 0. The minimum atomic E-state index is -0.563. The molecule has 1 amide bonds. The highest BCUT2D eigenvalue weighted by atomic mass is 16.5. The summed E-state index contributed by atoms with van der Waals surface area (Å²) in [5.74, 6) is 0.588. The van der Waals surface area contributed by atoms with E-state index >= 15 is 0 Å². The van der Waals surface area contributed by atoms with Crippen LogP contribution in [0.4, 0.5) is 27.8 Å². The molecule has 1 aromatic carbocycles. The molecule has 0 bridgehead atoms. The molecule has 2 heterocycles. The molecule has 0 saturated carbocycles. The third kappa shape index (κ3) is 3.88. The van der Waals surface area contributed by atoms with Gasteiger partial charge in [-0.2, -0.15) is 0 Å². The molecule has 1 aromatic heterocycles. The van der Waals surface area contributed by atoms with Gasteiger partial charge in [-0.15, -0.1) is 0 Å². The number of nitrogens with zero attached hydrogens (tertiary/aromatic N) is 2. The van der Waals surface area contributed by atoms with Crippen LogP contribution in [0, 0.1) is 0 Å². The summed E-state index contributed by atoms with van der Waals surface area (Å²) in [6, 6.07) is 11.9. The smallest absolute Gasteiger partial charge is 0.412 e. The van der Waals surface area contributed by atoms with Crippen molar-refractivity contribution in [3.8, 4) is 0 Å². The van der Waals surface area contributed by atoms with Crippen LogP contribution in [0.3, 0.4) is 0 Å². The number of fused-ring (bicyclic) bond motifs is 1. The zero-order valence-corrected chi connectivity index (χ0v) is 14.2. The Bertz CT molecular complexity index is 805. The summed E-state index contributed by atoms with van der Waals surface area (Å²) in [5, 5.41) is 5.93. The quantitative estimate of drug-likeness (QED) is 0.793. The minimum Gasteiger partial charge on any atom is -0.450 e. The average Bonchev–Trinajstić information content (AvgIpc) is 2.57. The van der Waals surface area contributed by atoms with E-state index in [1.165, 1.54) is 5.56 Å². The van der Waals surface area contributed by atoms with E-state index in [0.29, 0.717) is 11.5 Å². The van der Waals surface area contributed by atoms with Gasteiger partial charge >= 0.3 is 6.09 Å². The number of amides is 1. The van der Waals surface area contributed by atoms with Gasteiger partial charge < -0.3 is 15.8 Å². The minimum absolute atomic E-state index is 0.0462. The molecule has 25 heavy (non-hydrogen) atoms. The van der Waals surface area contributed by atoms with Crippen molar-refractivity contribution in [1.82, 2.24) is 4.98 Å². The van der Waals surface area contributed by atoms with Crippen LogP contribution < -0.4 is 16.4 Å². The number of nitrogens with one attached hydrogen (secondary N) is 2. The Kier molecular flexibility index (Phi) is 4.83. The lowest BCUT2D eigenvalue weighted by Crippen LogP contribution is -2.30. The van der Waals surface area contributed by atoms with Gasteiger partial charge in [0.05, 0.1) is 18.3 Å². The van der Waals surface area contributed by atoms with Crippen LogP contribution in [0.1, 0.15) is 19.4 Å². The standard InChI is InChI=1S/C18H21N5O2/c1-3-25-18(24)23-15-10-14-16(17(19)22-15)21-13(11(2)20-14)9-12-7-5-4-6-8-12/h4-8,10-11,20H,3,9H2,1-2H3,(H3,19,22,23,24)/t11-/m0/s1. The van der Waals surface area contributed by atoms with Crippen molar-refractivity contribution >= 4 is 34.8 Å². The van der Waals surface area contributed by atoms with E-state index in [-0.39, 0.29) is 18.5 Å². The molecule has 7 nitrogen and oxygen atoms in total. The molecule has 130 valence electrons. The van der Waals surface area contributed by atoms with Gasteiger partial charge in [0.1, 0.15) is 11.5 Å². The Balaban J connectivity index is 1.86. The first-order valence-corrected chi connectivity index (χ1v) is 8.19. The van der Waals surface area contributed by atoms with Crippen molar-refractivity contribution in [3.63, 3.8) is 0 Å². The Labute approximate surface area is 146 Å². The number of anilines is 3. The molecule has 4 N–H and O–H groups in total. The Morgan fingerprint density at radius 2 is 2.12 bits per heavy atom. The molecule has 1 atom stereocenters. The zero-order valence-electron chi connectivity index (χ0n) is 14.2. The number of hydrogen-bond acceptors (Lipinski definition) is 6. The summed E-state index contributed by atoms with van der Waals surface area (Å²) in [6.45, 7) is 4.06. The molecule has 7 heteroatoms. The number of hydrogen-bond donors (Lipinski definition) is 3. The van der Waals surface area contributed by atoms with Crippen LogP contribution in [0.15, 0.2) is 41.4 Å². The van der Waals surface area contributed by atoms with Gasteiger partial charge in [0.15, 0.2) is 5.82 Å². The van der Waals surface area contributed by atoms with Crippen molar-refractivity contribution in [2.45, 2.75) is 26.3 Å². The molecule has 1 aliphatic rings. The third-order valence-electron chi connectivity index (χ3n) is 3.88. The van der Waals surface area contributed by atoms with Crippen molar-refractivity contribution in [2.75, 3.05) is 23.0 Å². The van der Waals surface area contributed by atoms with E-state index in [9.17, 15) is 4.79 Å². The number of rotatable bonds is 4. The first-order valence-electron chi connectivity index (χ1n) is 8.19. The molecule has 3 rings (SSSR count). The summed E-state index contributed by atoms with van der Waals surface area (Å²) in [5.41, 5.74) is 9.55. The Morgan fingerprint density at radius 1 is 1.36 bits per heavy atom. The second kappa shape index (κ2) is 7.21. The number of benzene rings is 1. The number of nitrogens with two attached hydrogens (primary N) is 1. The molecule has 0 radical (unpaired) electrons. The van der Waals surface area contributed by atoms with Gasteiger partial charge in [-0.3, -0.25) is 5.32 Å². The Hall–Kier alpha value is -3.09. The van der Waals surface area contributed by atoms with E-state index in [1.807, 2.05) is 25.1 Å². The lowest BCUT2D eigenvalue weighted by Gasteiger charge is -2.25. The third-order valence-corrected chi connectivity index (χ3v) is 3.88. The fourth-order valence-electron chi connectivity index (χ4n) is 2.68. The normalized spacial score (nSPS) is 15.6. The molecule has 0 aliphatic carbocycles. The van der Waals surface area contributed by atoms with Gasteiger partial charge in [-0.25, -0.2) is 14.8 Å². The second-order valence-electron chi connectivity index (χ2n) is 5.77. The molecule has 0 unspecified atom stereocenters. The summed E-state index contributed by atoms with van der Waals surface area (Å²) in [6.07, 6.45) is 0.169. The van der Waals surface area contributed by atoms with Gasteiger partial charge in [0.2, 0.25) is 0 Å². The van der Waals surface area contributed by atoms with E-state index in [0.717, 1.165) is 17.8 Å². The number of pyridine rings is 1. The highest BCUT2D eigenvalue weighted by Crippen LogP contribution is 2.36. The molecule has 1 aliphatic heterocycles. The van der Waals surface area contributed by atoms with Crippen LogP contribution in [0.2, 0.25) is 0 Å². The van der Waals surface area contributed by atoms with Crippen molar-refractivity contribution < 1.29 is 9.53 Å². The maximum atomic E-state index is 11.5. The lowest BCUT2D eigenvalue weighted by molar-refractivity contribution is 0.168. The molecule has 0 fully saturated rings. The number of carbonyl (C=O) groups is 1. The molecule has 0 saturated heterocycles. The van der Waals surface area contributed by atoms with E-state index in [1.54, 1.807) is 13.0 Å². The van der Waals surface area contributed by atoms with E-state index in [4.69, 9.17) is 15.5 Å². The predicted molar refractivity (Wildman–Crippen MR) is 99.6 cm³/mol. The molecular formula is C18H21N5O2. The lowest BCUT2D eigenvalue weighted by atomic mass is 10.0. The maximum absolute atomic E-state index is 11.5. The highest BCUT2D eigenvalue weighted by molar-refractivity contribution is 6.01. The number of carbonyl (C=O) groups excluding carboxylic acids is 1. The number of aliphatic imine (C=N–C) groups is 1. The fraction of sp³-hybridized carbons (Fsp3) is 0.278. The first-order chi connectivity index (χ1) is 12.1. The van der Waals surface area contributed by atoms with Crippen molar-refractivity contribution in [2.24, 2.45) is 4.99 Å². The van der Waals surface area contributed by atoms with Gasteiger partial charge in [0, 0.05) is 18.2 Å².